The first-order chi connectivity index (χ1) is 14.0. The minimum atomic E-state index is -0.859. The van der Waals surface area contributed by atoms with Crippen molar-refractivity contribution in [3.05, 3.63) is 59.8 Å². The Morgan fingerprint density at radius 1 is 1.17 bits per heavy atom. The average Bonchev–Trinajstić information content (AvgIpc) is 3.35. The molecule has 0 spiro atoms. The third kappa shape index (κ3) is 3.39. The Morgan fingerprint density at radius 3 is 2.93 bits per heavy atom. The van der Waals surface area contributed by atoms with Crippen LogP contribution in [0.3, 0.4) is 0 Å². The molecule has 1 aliphatic heterocycles. The Labute approximate surface area is 169 Å². The number of aromatic nitrogens is 2. The lowest BCUT2D eigenvalue weighted by molar-refractivity contribution is 0.127. The molecule has 1 aliphatic carbocycles. The van der Waals surface area contributed by atoms with Crippen LogP contribution in [0, 0.1) is 23.0 Å². The van der Waals surface area contributed by atoms with Crippen molar-refractivity contribution in [2.75, 3.05) is 19.7 Å². The zero-order valence-electron chi connectivity index (χ0n) is 16.6. The lowest BCUT2D eigenvalue weighted by Crippen LogP contribution is -2.33. The summed E-state index contributed by atoms with van der Waals surface area (Å²) < 4.78 is 34.5. The molecule has 2 atom stereocenters. The SMILES string of the molecule is Cn1ncc2cc(CN3CC4CCCC4(COc4ccc(F)c(F)c4)C3)ccc21. The van der Waals surface area contributed by atoms with E-state index in [4.69, 9.17) is 4.74 Å². The number of halogens is 2. The smallest absolute Gasteiger partial charge is 0.162 e. The Morgan fingerprint density at radius 2 is 2.07 bits per heavy atom. The molecule has 6 heteroatoms. The van der Waals surface area contributed by atoms with E-state index in [2.05, 4.69) is 28.2 Å². The van der Waals surface area contributed by atoms with Crippen LogP contribution >= 0.6 is 0 Å². The Kier molecular flexibility index (Phi) is 4.54. The minimum absolute atomic E-state index is 0.100. The zero-order chi connectivity index (χ0) is 20.0. The lowest BCUT2D eigenvalue weighted by atomic mass is 9.81. The molecular formula is C23H25F2N3O. The largest absolute Gasteiger partial charge is 0.493 e. The third-order valence-electron chi connectivity index (χ3n) is 6.74. The summed E-state index contributed by atoms with van der Waals surface area (Å²) in [5.74, 6) is -0.701. The van der Waals surface area contributed by atoms with E-state index in [-0.39, 0.29) is 5.41 Å². The van der Waals surface area contributed by atoms with E-state index in [9.17, 15) is 8.78 Å². The first kappa shape index (κ1) is 18.6. The number of likely N-dealkylation sites (tertiary alicyclic amines) is 1. The van der Waals surface area contributed by atoms with Crippen LogP contribution in [0.25, 0.3) is 10.9 Å². The van der Waals surface area contributed by atoms with E-state index in [1.807, 2.05) is 17.9 Å². The van der Waals surface area contributed by atoms with Crippen molar-refractivity contribution in [2.24, 2.45) is 18.4 Å². The van der Waals surface area contributed by atoms with Gasteiger partial charge in [0.25, 0.3) is 0 Å². The van der Waals surface area contributed by atoms with Crippen molar-refractivity contribution in [1.82, 2.24) is 14.7 Å². The zero-order valence-corrected chi connectivity index (χ0v) is 16.6. The van der Waals surface area contributed by atoms with Gasteiger partial charge in [-0.05, 0) is 48.6 Å². The van der Waals surface area contributed by atoms with Gasteiger partial charge in [-0.15, -0.1) is 0 Å². The van der Waals surface area contributed by atoms with Crippen LogP contribution in [0.5, 0.6) is 5.75 Å². The van der Waals surface area contributed by atoms with Gasteiger partial charge in [0.15, 0.2) is 11.6 Å². The molecule has 2 unspecified atom stereocenters. The molecule has 0 N–H and O–H groups in total. The molecule has 5 rings (SSSR count). The van der Waals surface area contributed by atoms with Gasteiger partial charge < -0.3 is 4.74 Å². The molecular weight excluding hydrogens is 372 g/mol. The van der Waals surface area contributed by atoms with E-state index in [0.717, 1.165) is 43.7 Å². The number of rotatable bonds is 5. The number of benzene rings is 2. The summed E-state index contributed by atoms with van der Waals surface area (Å²) in [6.45, 7) is 3.51. The number of aryl methyl sites for hydroxylation is 1. The number of hydrogen-bond donors (Lipinski definition) is 0. The second-order valence-corrected chi connectivity index (χ2v) is 8.65. The summed E-state index contributed by atoms with van der Waals surface area (Å²) in [6, 6.07) is 10.3. The van der Waals surface area contributed by atoms with Gasteiger partial charge in [-0.2, -0.15) is 5.10 Å². The average molecular weight is 397 g/mol. The monoisotopic (exact) mass is 397 g/mol. The van der Waals surface area contributed by atoms with Crippen LogP contribution in [0.15, 0.2) is 42.6 Å². The van der Waals surface area contributed by atoms with E-state index < -0.39 is 11.6 Å². The maximum atomic E-state index is 13.5. The van der Waals surface area contributed by atoms with Gasteiger partial charge in [-0.3, -0.25) is 9.58 Å². The molecule has 2 aromatic carbocycles. The topological polar surface area (TPSA) is 30.3 Å². The predicted octanol–water partition coefficient (Wildman–Crippen LogP) is 4.53. The quantitative estimate of drug-likeness (QED) is 0.634. The predicted molar refractivity (Wildman–Crippen MR) is 108 cm³/mol. The Balaban J connectivity index is 1.28. The van der Waals surface area contributed by atoms with Crippen LogP contribution in [0.4, 0.5) is 8.78 Å². The maximum absolute atomic E-state index is 13.5. The number of hydrogen-bond acceptors (Lipinski definition) is 3. The van der Waals surface area contributed by atoms with Gasteiger partial charge in [0.2, 0.25) is 0 Å². The molecule has 2 heterocycles. The van der Waals surface area contributed by atoms with Gasteiger partial charge in [-0.1, -0.05) is 12.5 Å². The number of nitrogens with zero attached hydrogens (tertiary/aromatic N) is 3. The fourth-order valence-corrected chi connectivity index (χ4v) is 5.24. The molecule has 0 amide bonds. The fourth-order valence-electron chi connectivity index (χ4n) is 5.24. The molecule has 152 valence electrons. The number of fused-ring (bicyclic) bond motifs is 2. The van der Waals surface area contributed by atoms with E-state index in [0.29, 0.717) is 18.3 Å². The van der Waals surface area contributed by atoms with Crippen molar-refractivity contribution < 1.29 is 13.5 Å². The van der Waals surface area contributed by atoms with Gasteiger partial charge in [0.1, 0.15) is 5.75 Å². The van der Waals surface area contributed by atoms with E-state index in [1.165, 1.54) is 29.9 Å². The highest BCUT2D eigenvalue weighted by atomic mass is 19.2. The summed E-state index contributed by atoms with van der Waals surface area (Å²) in [4.78, 5) is 2.51. The second-order valence-electron chi connectivity index (χ2n) is 8.65. The molecule has 1 saturated carbocycles. The van der Waals surface area contributed by atoms with Gasteiger partial charge in [0.05, 0.1) is 18.3 Å². The number of ether oxygens (including phenoxy) is 1. The summed E-state index contributed by atoms with van der Waals surface area (Å²) in [5, 5.41) is 5.49. The standard InChI is InChI=1S/C23H25F2N3O/c1-27-22-7-4-16(9-17(22)11-26-27)12-28-13-18-3-2-8-23(18,14-28)15-29-19-5-6-20(24)21(25)10-19/h4-7,9-11,18H,2-3,8,12-15H2,1H3. The summed E-state index contributed by atoms with van der Waals surface area (Å²) >= 11 is 0. The van der Waals surface area contributed by atoms with Gasteiger partial charge >= 0.3 is 0 Å². The molecule has 3 aromatic rings. The van der Waals surface area contributed by atoms with Crippen LogP contribution in [-0.2, 0) is 13.6 Å². The van der Waals surface area contributed by atoms with Crippen LogP contribution in [0.2, 0.25) is 0 Å². The van der Waals surface area contributed by atoms with Gasteiger partial charge in [0, 0.05) is 43.5 Å². The minimum Gasteiger partial charge on any atom is -0.493 e. The molecule has 4 nitrogen and oxygen atoms in total. The molecule has 2 fully saturated rings. The molecule has 1 aromatic heterocycles. The van der Waals surface area contributed by atoms with Crippen LogP contribution < -0.4 is 4.74 Å². The molecule has 29 heavy (non-hydrogen) atoms. The summed E-state index contributed by atoms with van der Waals surface area (Å²) in [5.41, 5.74) is 2.54. The Bertz CT molecular complexity index is 1050. The lowest BCUT2D eigenvalue weighted by Gasteiger charge is -2.29. The van der Waals surface area contributed by atoms with Crippen molar-refractivity contribution in [3.8, 4) is 5.75 Å². The maximum Gasteiger partial charge on any atom is 0.162 e. The third-order valence-corrected chi connectivity index (χ3v) is 6.74. The highest BCUT2D eigenvalue weighted by Crippen LogP contribution is 2.49. The van der Waals surface area contributed by atoms with E-state index in [1.54, 1.807) is 0 Å². The molecule has 2 aliphatic rings. The van der Waals surface area contributed by atoms with Crippen molar-refractivity contribution in [1.29, 1.82) is 0 Å². The summed E-state index contributed by atoms with van der Waals surface area (Å²) in [7, 11) is 1.96. The van der Waals surface area contributed by atoms with E-state index >= 15 is 0 Å². The van der Waals surface area contributed by atoms with Crippen LogP contribution in [-0.4, -0.2) is 34.4 Å². The molecule has 0 radical (unpaired) electrons. The fraction of sp³-hybridized carbons (Fsp3) is 0.435. The summed E-state index contributed by atoms with van der Waals surface area (Å²) in [6.07, 6.45) is 5.45. The molecule has 1 saturated heterocycles. The van der Waals surface area contributed by atoms with Crippen molar-refractivity contribution >= 4 is 10.9 Å². The highest BCUT2D eigenvalue weighted by molar-refractivity contribution is 5.79. The van der Waals surface area contributed by atoms with Gasteiger partial charge in [-0.25, -0.2) is 8.78 Å². The normalized spacial score (nSPS) is 24.3. The molecule has 0 bridgehead atoms. The van der Waals surface area contributed by atoms with Crippen LogP contribution in [0.1, 0.15) is 24.8 Å². The highest BCUT2D eigenvalue weighted by Gasteiger charge is 2.49. The second kappa shape index (κ2) is 7.10. The van der Waals surface area contributed by atoms with Crippen molar-refractivity contribution in [3.63, 3.8) is 0 Å². The first-order valence-corrected chi connectivity index (χ1v) is 10.2. The Hall–Kier alpha value is -2.47. The van der Waals surface area contributed by atoms with Crippen molar-refractivity contribution in [2.45, 2.75) is 25.8 Å². The first-order valence-electron chi connectivity index (χ1n) is 10.2.